The van der Waals surface area contributed by atoms with Gasteiger partial charge in [-0.3, -0.25) is 9.78 Å². The minimum absolute atomic E-state index is 0.0864. The fourth-order valence-corrected chi connectivity index (χ4v) is 6.30. The smallest absolute Gasteiger partial charge is 0.366 e. The van der Waals surface area contributed by atoms with Crippen LogP contribution in [0.1, 0.15) is 72.8 Å². The second-order valence-electron chi connectivity index (χ2n) is 10.0. The second-order valence-corrected chi connectivity index (χ2v) is 11.7. The van der Waals surface area contributed by atoms with Crippen LogP contribution in [0.15, 0.2) is 35.5 Å². The van der Waals surface area contributed by atoms with E-state index in [0.717, 1.165) is 43.9 Å². The zero-order chi connectivity index (χ0) is 25.5. The number of primary amides is 1. The number of carbonyl (C=O) groups is 1. The highest BCUT2D eigenvalue weighted by atomic mass is 32.2. The highest BCUT2D eigenvalue weighted by Crippen LogP contribution is 2.50. The van der Waals surface area contributed by atoms with Crippen molar-refractivity contribution in [2.45, 2.75) is 73.5 Å². The van der Waals surface area contributed by atoms with E-state index in [1.54, 1.807) is 4.72 Å². The molecule has 8 nitrogen and oxygen atoms in total. The number of carbonyl (C=O) groups excluding carboxylic acids is 1. The Labute approximate surface area is 205 Å². The fourth-order valence-electron chi connectivity index (χ4n) is 4.91. The molecule has 12 heteroatoms. The van der Waals surface area contributed by atoms with E-state index in [1.165, 1.54) is 12.1 Å². The highest BCUT2D eigenvalue weighted by molar-refractivity contribution is 7.89. The summed E-state index contributed by atoms with van der Waals surface area (Å²) in [6.07, 6.45) is 2.47. The van der Waals surface area contributed by atoms with Gasteiger partial charge in [0.25, 0.3) is 5.91 Å². The van der Waals surface area contributed by atoms with Crippen molar-refractivity contribution in [2.75, 3.05) is 0 Å². The van der Waals surface area contributed by atoms with Gasteiger partial charge < -0.3 is 10.3 Å². The number of amides is 1. The van der Waals surface area contributed by atoms with Crippen molar-refractivity contribution in [3.8, 4) is 11.4 Å². The number of alkyl halides is 3. The summed E-state index contributed by atoms with van der Waals surface area (Å²) in [5.41, 5.74) is 6.09. The SMILES string of the molecule is NC(=O)c1c(-c2ccc(S(=O)(=O)NC3(C(F)(F)F)CC3)cn2)n(C2CCC2)c2ncc(C3CC3)cc12. The summed E-state index contributed by atoms with van der Waals surface area (Å²) in [6, 6.07) is 4.64. The molecular weight excluding hydrogens is 495 g/mol. The van der Waals surface area contributed by atoms with Crippen LogP contribution in [0.25, 0.3) is 22.4 Å². The zero-order valence-corrected chi connectivity index (χ0v) is 20.0. The van der Waals surface area contributed by atoms with Gasteiger partial charge in [0.2, 0.25) is 10.0 Å². The first-order valence-electron chi connectivity index (χ1n) is 11.9. The molecule has 0 unspecified atom stereocenters. The number of fused-ring (bicyclic) bond motifs is 1. The van der Waals surface area contributed by atoms with Gasteiger partial charge >= 0.3 is 6.18 Å². The molecule has 3 aromatic heterocycles. The molecule has 0 aliphatic heterocycles. The Kier molecular flexibility index (Phi) is 5.04. The summed E-state index contributed by atoms with van der Waals surface area (Å²) in [4.78, 5) is 21.2. The molecule has 0 bridgehead atoms. The molecular formula is C24H24F3N5O3S. The van der Waals surface area contributed by atoms with Gasteiger partial charge in [-0.25, -0.2) is 13.4 Å². The summed E-state index contributed by atoms with van der Waals surface area (Å²) in [5, 5.41) is 0.634. The molecule has 0 saturated heterocycles. The van der Waals surface area contributed by atoms with E-state index in [9.17, 15) is 26.4 Å². The number of nitrogens with two attached hydrogens (primary N) is 1. The van der Waals surface area contributed by atoms with Gasteiger partial charge in [0.15, 0.2) is 0 Å². The van der Waals surface area contributed by atoms with Gasteiger partial charge in [0.05, 0.1) is 17.0 Å². The molecule has 36 heavy (non-hydrogen) atoms. The second kappa shape index (κ2) is 7.75. The van der Waals surface area contributed by atoms with Gasteiger partial charge in [0.1, 0.15) is 16.1 Å². The fraction of sp³-hybridized carbons (Fsp3) is 0.458. The Hall–Kier alpha value is -2.99. The average Bonchev–Trinajstić information content (AvgIpc) is 3.70. The first-order chi connectivity index (χ1) is 17.0. The van der Waals surface area contributed by atoms with Crippen LogP contribution in [-0.2, 0) is 10.0 Å². The Morgan fingerprint density at radius 3 is 2.33 bits per heavy atom. The van der Waals surface area contributed by atoms with Gasteiger partial charge in [-0.15, -0.1) is 0 Å². The first-order valence-corrected chi connectivity index (χ1v) is 13.4. The van der Waals surface area contributed by atoms with E-state index < -0.39 is 27.6 Å². The third-order valence-electron chi connectivity index (χ3n) is 7.51. The zero-order valence-electron chi connectivity index (χ0n) is 19.2. The van der Waals surface area contributed by atoms with E-state index in [1.807, 2.05) is 16.8 Å². The van der Waals surface area contributed by atoms with E-state index in [4.69, 9.17) is 5.73 Å². The van der Waals surface area contributed by atoms with Crippen LogP contribution in [0.4, 0.5) is 13.2 Å². The summed E-state index contributed by atoms with van der Waals surface area (Å²) in [7, 11) is -4.46. The van der Waals surface area contributed by atoms with Crippen LogP contribution in [0, 0.1) is 0 Å². The van der Waals surface area contributed by atoms with Gasteiger partial charge in [-0.2, -0.15) is 17.9 Å². The van der Waals surface area contributed by atoms with Crippen LogP contribution < -0.4 is 10.5 Å². The Balaban J connectivity index is 1.44. The van der Waals surface area contributed by atoms with Gasteiger partial charge in [0, 0.05) is 23.8 Å². The van der Waals surface area contributed by atoms with Crippen molar-refractivity contribution >= 4 is 27.0 Å². The van der Waals surface area contributed by atoms with Crippen molar-refractivity contribution in [2.24, 2.45) is 5.73 Å². The van der Waals surface area contributed by atoms with Crippen LogP contribution in [-0.4, -0.2) is 40.6 Å². The van der Waals surface area contributed by atoms with Crippen molar-refractivity contribution < 1.29 is 26.4 Å². The average molecular weight is 520 g/mol. The maximum Gasteiger partial charge on any atom is 0.407 e. The normalized spacial score (nSPS) is 19.9. The number of nitrogens with zero attached hydrogens (tertiary/aromatic N) is 3. The number of rotatable bonds is 7. The van der Waals surface area contributed by atoms with Crippen LogP contribution in [0.3, 0.4) is 0 Å². The van der Waals surface area contributed by atoms with Gasteiger partial charge in [-0.1, -0.05) is 0 Å². The van der Waals surface area contributed by atoms with Crippen molar-refractivity contribution in [1.29, 1.82) is 0 Å². The molecule has 3 N–H and O–H groups in total. The maximum absolute atomic E-state index is 13.3. The molecule has 0 atom stereocenters. The lowest BCUT2D eigenvalue weighted by Gasteiger charge is -2.29. The molecule has 190 valence electrons. The molecule has 3 saturated carbocycles. The molecule has 1 amide bonds. The van der Waals surface area contributed by atoms with E-state index in [2.05, 4.69) is 9.97 Å². The van der Waals surface area contributed by atoms with E-state index in [-0.39, 0.29) is 29.3 Å². The lowest BCUT2D eigenvalue weighted by molar-refractivity contribution is -0.160. The molecule has 0 aromatic carbocycles. The van der Waals surface area contributed by atoms with E-state index in [0.29, 0.717) is 28.3 Å². The van der Waals surface area contributed by atoms with Crippen molar-refractivity contribution in [3.05, 3.63) is 41.7 Å². The minimum atomic E-state index is -4.68. The predicted molar refractivity (Wildman–Crippen MR) is 125 cm³/mol. The third kappa shape index (κ3) is 3.69. The Morgan fingerprint density at radius 1 is 1.11 bits per heavy atom. The molecule has 3 fully saturated rings. The molecule has 6 rings (SSSR count). The number of halogens is 3. The van der Waals surface area contributed by atoms with Crippen LogP contribution in [0.2, 0.25) is 0 Å². The van der Waals surface area contributed by atoms with Crippen LogP contribution in [0.5, 0.6) is 0 Å². The third-order valence-corrected chi connectivity index (χ3v) is 9.03. The molecule has 3 heterocycles. The molecule has 0 radical (unpaired) electrons. The lowest BCUT2D eigenvalue weighted by atomic mass is 9.92. The lowest BCUT2D eigenvalue weighted by Crippen LogP contribution is -2.47. The molecule has 3 aliphatic carbocycles. The molecule has 3 aliphatic rings. The summed E-state index contributed by atoms with van der Waals surface area (Å²) in [6.45, 7) is 0. The van der Waals surface area contributed by atoms with Gasteiger partial charge in [-0.05, 0) is 74.6 Å². The summed E-state index contributed by atoms with van der Waals surface area (Å²) >= 11 is 0. The number of hydrogen-bond acceptors (Lipinski definition) is 5. The number of sulfonamides is 1. The topological polar surface area (TPSA) is 120 Å². The number of pyridine rings is 2. The van der Waals surface area contributed by atoms with Crippen molar-refractivity contribution in [1.82, 2.24) is 19.3 Å². The standard InChI is InChI=1S/C24H24F3N5O3S/c25-24(26,27)23(8-9-23)31-36(34,35)16-6-7-18(29-12-16)20-19(21(28)33)17-10-14(13-4-5-13)11-30-22(17)32(20)15-2-1-3-15/h6-7,10-13,15,31H,1-5,8-9H2,(H2,28,33). The predicted octanol–water partition coefficient (Wildman–Crippen LogP) is 4.17. The van der Waals surface area contributed by atoms with Crippen molar-refractivity contribution in [3.63, 3.8) is 0 Å². The van der Waals surface area contributed by atoms with E-state index >= 15 is 0 Å². The van der Waals surface area contributed by atoms with Crippen LogP contribution >= 0.6 is 0 Å². The summed E-state index contributed by atoms with van der Waals surface area (Å²) in [5.74, 6) is -0.233. The quantitative estimate of drug-likeness (QED) is 0.486. The maximum atomic E-state index is 13.3. The number of aromatic nitrogens is 3. The Bertz CT molecular complexity index is 1490. The molecule has 3 aromatic rings. The first kappa shape index (κ1) is 23.4. The number of nitrogens with one attached hydrogen (secondary N) is 1. The molecule has 0 spiro atoms. The summed E-state index contributed by atoms with van der Waals surface area (Å²) < 4.78 is 69.0. The Morgan fingerprint density at radius 2 is 1.83 bits per heavy atom. The monoisotopic (exact) mass is 519 g/mol. The number of hydrogen-bond donors (Lipinski definition) is 2. The largest absolute Gasteiger partial charge is 0.407 e. The minimum Gasteiger partial charge on any atom is -0.366 e. The highest BCUT2D eigenvalue weighted by Gasteiger charge is 2.65.